The number of unbranched alkanes of at least 4 members (excludes halogenated alkanes) is 25. The Balaban J connectivity index is 1.45. The zero-order chi connectivity index (χ0) is 38.5. The van der Waals surface area contributed by atoms with Crippen LogP contribution in [0.2, 0.25) is 0 Å². The molecule has 2 heteroatoms. The third-order valence-corrected chi connectivity index (χ3v) is 11.9. The largest absolute Gasteiger partial charge is 0.448 e. The number of nitrogens with zero attached hydrogens (tertiary/aromatic N) is 1. The van der Waals surface area contributed by atoms with Gasteiger partial charge in [0.25, 0.3) is 0 Å². The lowest BCUT2D eigenvalue weighted by molar-refractivity contribution is -0.347. The van der Waals surface area contributed by atoms with Crippen LogP contribution in [0.25, 0.3) is 11.5 Å². The minimum atomic E-state index is 0.932. The molecule has 3 rings (SSSR count). The van der Waals surface area contributed by atoms with Crippen LogP contribution >= 0.6 is 0 Å². The Bertz CT molecular complexity index is 1330. The smallest absolute Gasteiger partial charge is 0.215 e. The number of nitrogens with one attached hydrogen (secondary N) is 1. The van der Waals surface area contributed by atoms with Crippen LogP contribution < -0.4 is 0 Å². The summed E-state index contributed by atoms with van der Waals surface area (Å²) in [5, 5.41) is 0. The van der Waals surface area contributed by atoms with E-state index < -0.39 is 0 Å². The fraction of sp³-hybridized carbons (Fsp3) is 0.673. The van der Waals surface area contributed by atoms with Crippen molar-refractivity contribution in [2.24, 2.45) is 0 Å². The molecule has 0 atom stereocenters. The van der Waals surface area contributed by atoms with Gasteiger partial charge in [0, 0.05) is 16.7 Å². The Labute approximate surface area is 335 Å². The molecule has 302 valence electrons. The van der Waals surface area contributed by atoms with Crippen LogP contribution in [0.3, 0.4) is 0 Å². The predicted molar refractivity (Wildman–Crippen MR) is 241 cm³/mol. The molecule has 0 aliphatic carbocycles. The van der Waals surface area contributed by atoms with Crippen molar-refractivity contribution in [2.75, 3.05) is 0 Å². The molecule has 0 saturated heterocycles. The van der Waals surface area contributed by atoms with E-state index in [1.54, 1.807) is 4.68 Å². The first-order valence-electron chi connectivity index (χ1n) is 23.6. The van der Waals surface area contributed by atoms with Gasteiger partial charge in [0.2, 0.25) is 11.4 Å². The highest BCUT2D eigenvalue weighted by Gasteiger charge is 2.34. The molecule has 0 amide bonds. The lowest BCUT2D eigenvalue weighted by Crippen LogP contribution is -2.11. The molecule has 0 aromatic heterocycles. The first kappa shape index (κ1) is 45.8. The summed E-state index contributed by atoms with van der Waals surface area (Å²) in [7, 11) is 0. The zero-order valence-corrected chi connectivity index (χ0v) is 36.1. The van der Waals surface area contributed by atoms with E-state index in [0.717, 1.165) is 43.5 Å². The molecule has 0 fully saturated rings. The van der Waals surface area contributed by atoms with Crippen LogP contribution in [0.15, 0.2) is 65.8 Å². The van der Waals surface area contributed by atoms with Gasteiger partial charge in [-0.3, -0.25) is 0 Å². The number of aryl methyl sites for hydroxylation is 2. The standard InChI is InChI=1S/C52H84N2/c1-5-9-12-14-16-18-20-22-24-26-28-30-32-34-45-37-41-47(42-38-45)51-49(8-4)50(36-11-7-3)52(54(51)53)48-43-39-46(40-44-48)35-33-31-29-27-25-23-21-19-17-15-13-10-6-2/h36-44,53H,5-35H2,1-4H3. The first-order chi connectivity index (χ1) is 26.6. The Morgan fingerprint density at radius 2 is 0.778 bits per heavy atom. The van der Waals surface area contributed by atoms with Crippen molar-refractivity contribution in [1.29, 1.82) is 0 Å². The number of hydrogen-bond acceptors (Lipinski definition) is 0. The molecule has 1 heterocycles. The van der Waals surface area contributed by atoms with E-state index in [9.17, 15) is 5.84 Å². The Morgan fingerprint density at radius 3 is 1.13 bits per heavy atom. The highest BCUT2D eigenvalue weighted by atomic mass is 15.3. The van der Waals surface area contributed by atoms with Gasteiger partial charge in [-0.2, -0.15) is 0 Å². The molecule has 1 aliphatic heterocycles. The second-order valence-electron chi connectivity index (χ2n) is 16.7. The molecule has 0 spiro atoms. The van der Waals surface area contributed by atoms with Crippen LogP contribution in [-0.2, 0) is 12.8 Å². The van der Waals surface area contributed by atoms with Gasteiger partial charge in [-0.05, 0) is 73.9 Å². The summed E-state index contributed by atoms with van der Waals surface area (Å²) >= 11 is 0. The second kappa shape index (κ2) is 29.6. The monoisotopic (exact) mass is 737 g/mol. The number of rotatable bonds is 33. The summed E-state index contributed by atoms with van der Waals surface area (Å²) < 4.78 is 1.75. The molecule has 1 aliphatic rings. The lowest BCUT2D eigenvalue weighted by Gasteiger charge is -2.10. The van der Waals surface area contributed by atoms with Crippen molar-refractivity contribution in [1.82, 2.24) is 0 Å². The molecule has 1 N–H and O–H groups in total. The van der Waals surface area contributed by atoms with Crippen LogP contribution in [0.4, 0.5) is 0 Å². The SMILES string of the molecule is CCCC=C1C(CC)=C(c2ccc(CCCCCCCCCCCCCCC)cc2)[N+]([NH-])=C1c1ccc(CCCCCCCCCCCCCCC)cc1. The summed E-state index contributed by atoms with van der Waals surface area (Å²) in [4.78, 5) is 0. The molecule has 2 nitrogen and oxygen atoms in total. The van der Waals surface area contributed by atoms with Gasteiger partial charge < -0.3 is 5.84 Å². The molecular weight excluding hydrogens is 653 g/mol. The minimum Gasteiger partial charge on any atom is -0.448 e. The van der Waals surface area contributed by atoms with E-state index in [-0.39, 0.29) is 0 Å². The minimum absolute atomic E-state index is 0.932. The maximum absolute atomic E-state index is 9.45. The van der Waals surface area contributed by atoms with E-state index in [0.29, 0.717) is 0 Å². The molecule has 0 saturated carbocycles. The van der Waals surface area contributed by atoms with Crippen molar-refractivity contribution < 1.29 is 4.68 Å². The van der Waals surface area contributed by atoms with Gasteiger partial charge in [0.15, 0.2) is 0 Å². The molecule has 54 heavy (non-hydrogen) atoms. The highest BCUT2D eigenvalue weighted by molar-refractivity contribution is 6.16. The number of hydrogen-bond donors (Lipinski definition) is 0. The van der Waals surface area contributed by atoms with Crippen molar-refractivity contribution >= 4 is 11.4 Å². The lowest BCUT2D eigenvalue weighted by atomic mass is 9.92. The van der Waals surface area contributed by atoms with Crippen molar-refractivity contribution in [3.05, 3.63) is 93.8 Å². The molecule has 0 radical (unpaired) electrons. The summed E-state index contributed by atoms with van der Waals surface area (Å²) in [6.45, 7) is 9.11. The van der Waals surface area contributed by atoms with Gasteiger partial charge in [-0.25, -0.2) is 4.68 Å². The summed E-state index contributed by atoms with van der Waals surface area (Å²) in [6, 6.07) is 18.4. The Kier molecular flexibility index (Phi) is 25.1. The molecule has 2 aromatic carbocycles. The zero-order valence-electron chi connectivity index (χ0n) is 36.1. The van der Waals surface area contributed by atoms with E-state index in [1.807, 2.05) is 0 Å². The summed E-state index contributed by atoms with van der Waals surface area (Å²) in [6.07, 6.45) is 44.2. The number of benzene rings is 2. The van der Waals surface area contributed by atoms with Crippen molar-refractivity contribution in [2.45, 2.75) is 227 Å². The highest BCUT2D eigenvalue weighted by Crippen LogP contribution is 2.37. The van der Waals surface area contributed by atoms with E-state index >= 15 is 0 Å². The van der Waals surface area contributed by atoms with E-state index in [2.05, 4.69) is 82.3 Å². The van der Waals surface area contributed by atoms with Crippen molar-refractivity contribution in [3.8, 4) is 0 Å². The fourth-order valence-corrected chi connectivity index (χ4v) is 8.44. The third-order valence-electron chi connectivity index (χ3n) is 11.9. The molecule has 0 unspecified atom stereocenters. The van der Waals surface area contributed by atoms with Gasteiger partial charge in [0.05, 0.1) is 5.57 Å². The Morgan fingerprint density at radius 1 is 0.426 bits per heavy atom. The maximum atomic E-state index is 9.45. The van der Waals surface area contributed by atoms with Crippen LogP contribution in [0.5, 0.6) is 0 Å². The maximum Gasteiger partial charge on any atom is 0.215 e. The van der Waals surface area contributed by atoms with Gasteiger partial charge in [-0.15, -0.1) is 0 Å². The van der Waals surface area contributed by atoms with Gasteiger partial charge in [0.1, 0.15) is 0 Å². The third kappa shape index (κ3) is 17.5. The molecule has 0 bridgehead atoms. The van der Waals surface area contributed by atoms with Gasteiger partial charge in [-0.1, -0.05) is 219 Å². The van der Waals surface area contributed by atoms with E-state index in [4.69, 9.17) is 0 Å². The summed E-state index contributed by atoms with van der Waals surface area (Å²) in [5.74, 6) is 9.45. The van der Waals surface area contributed by atoms with Gasteiger partial charge >= 0.3 is 0 Å². The second-order valence-corrected chi connectivity index (χ2v) is 16.7. The average molecular weight is 737 g/mol. The molecule has 2 aromatic rings. The normalized spacial score (nSPS) is 14.0. The topological polar surface area (TPSA) is 26.8 Å². The van der Waals surface area contributed by atoms with E-state index in [1.165, 1.54) is 200 Å². The quantitative estimate of drug-likeness (QED) is 0.0515. The Hall–Kier alpha value is -2.61. The molecular formula is C52H84N2. The summed E-state index contributed by atoms with van der Waals surface area (Å²) in [5.41, 5.74) is 9.91. The van der Waals surface area contributed by atoms with Crippen LogP contribution in [0, 0.1) is 0 Å². The first-order valence-corrected chi connectivity index (χ1v) is 23.6. The average Bonchev–Trinajstić information content (AvgIpc) is 3.48. The van der Waals surface area contributed by atoms with Crippen LogP contribution in [0.1, 0.15) is 236 Å². The van der Waals surface area contributed by atoms with Crippen LogP contribution in [-0.4, -0.2) is 10.4 Å². The number of allylic oxidation sites excluding steroid dienone is 3. The fourth-order valence-electron chi connectivity index (χ4n) is 8.44. The van der Waals surface area contributed by atoms with Crippen molar-refractivity contribution in [3.63, 3.8) is 0 Å². The predicted octanol–water partition coefficient (Wildman–Crippen LogP) is 17.3.